The second-order valence-electron chi connectivity index (χ2n) is 5.91. The van der Waals surface area contributed by atoms with E-state index in [1.807, 2.05) is 6.92 Å². The number of rotatable bonds is 6. The molecule has 9 heteroatoms. The first-order valence-corrected chi connectivity index (χ1v) is 8.12. The molecule has 2 heterocycles. The van der Waals surface area contributed by atoms with Gasteiger partial charge in [-0.2, -0.15) is 0 Å². The molecule has 138 valence electrons. The molecule has 9 nitrogen and oxygen atoms in total. The topological polar surface area (TPSA) is 117 Å². The van der Waals surface area contributed by atoms with E-state index in [1.165, 1.54) is 24.6 Å². The number of nitrogens with zero attached hydrogens (tertiary/aromatic N) is 1. The number of aromatic nitrogens is 2. The number of nitrogens with one attached hydrogen (secondary N) is 1. The molecule has 0 spiro atoms. The van der Waals surface area contributed by atoms with Crippen LogP contribution in [0.25, 0.3) is 0 Å². The van der Waals surface area contributed by atoms with Crippen molar-refractivity contribution >= 4 is 11.9 Å². The first-order valence-electron chi connectivity index (χ1n) is 8.12. The van der Waals surface area contributed by atoms with Gasteiger partial charge >= 0.3 is 17.6 Å². The van der Waals surface area contributed by atoms with Crippen LogP contribution >= 0.6 is 0 Å². The number of carbonyl (C=O) groups excluding carboxylic acids is 2. The van der Waals surface area contributed by atoms with Crippen molar-refractivity contribution in [3.8, 4) is 0 Å². The summed E-state index contributed by atoms with van der Waals surface area (Å²) < 4.78 is 17.1. The number of esters is 2. The molecule has 1 N–H and O–H groups in total. The highest BCUT2D eigenvalue weighted by Crippen LogP contribution is 2.30. The van der Waals surface area contributed by atoms with Gasteiger partial charge in [0.25, 0.3) is 5.56 Å². The summed E-state index contributed by atoms with van der Waals surface area (Å²) in [6.45, 7) is 4.44. The van der Waals surface area contributed by atoms with E-state index in [4.69, 9.17) is 14.2 Å². The molecule has 0 aromatic carbocycles. The maximum atomic E-state index is 12.2. The summed E-state index contributed by atoms with van der Waals surface area (Å²) in [6.07, 6.45) is 0.783. The lowest BCUT2D eigenvalue weighted by atomic mass is 10.2. The summed E-state index contributed by atoms with van der Waals surface area (Å²) in [6, 6.07) is 0. The molecule has 1 aliphatic heterocycles. The molecule has 0 aliphatic carbocycles. The standard InChI is InChI=1S/C16H22N2O7/c1-4-5-11-7-18(16(22)17-14(11)21)15-13(24-10(3)20)6-12(25-15)8-23-9(2)19/h7,12-13,15H,4-6,8H2,1-3H3,(H,17,21,22)/t12-,13-,15-/m1/s1. The molecule has 0 radical (unpaired) electrons. The largest absolute Gasteiger partial charge is 0.463 e. The number of hydrogen-bond donors (Lipinski definition) is 1. The summed E-state index contributed by atoms with van der Waals surface area (Å²) in [5.41, 5.74) is -0.655. The molecule has 0 saturated carbocycles. The lowest BCUT2D eigenvalue weighted by Crippen LogP contribution is -2.38. The molecule has 0 amide bonds. The SMILES string of the molecule is CCCc1cn([C@@H]2O[C@@H](COC(C)=O)C[C@H]2OC(C)=O)c(=O)[nH]c1=O. The normalized spacial score (nSPS) is 22.6. The van der Waals surface area contributed by atoms with Crippen molar-refractivity contribution in [2.75, 3.05) is 6.61 Å². The Morgan fingerprint density at radius 1 is 1.32 bits per heavy atom. The zero-order valence-electron chi connectivity index (χ0n) is 14.4. The highest BCUT2D eigenvalue weighted by Gasteiger charge is 2.40. The molecular formula is C16H22N2O7. The highest BCUT2D eigenvalue weighted by atomic mass is 16.6. The van der Waals surface area contributed by atoms with E-state index in [1.54, 1.807) is 0 Å². The van der Waals surface area contributed by atoms with Crippen LogP contribution in [0.5, 0.6) is 0 Å². The predicted molar refractivity (Wildman–Crippen MR) is 86.0 cm³/mol. The monoisotopic (exact) mass is 354 g/mol. The van der Waals surface area contributed by atoms with Crippen LogP contribution in [-0.2, 0) is 30.2 Å². The van der Waals surface area contributed by atoms with Gasteiger partial charge in [-0.05, 0) is 6.42 Å². The van der Waals surface area contributed by atoms with Crippen molar-refractivity contribution in [1.29, 1.82) is 0 Å². The summed E-state index contributed by atoms with van der Waals surface area (Å²) in [7, 11) is 0. The zero-order chi connectivity index (χ0) is 18.6. The average Bonchev–Trinajstić information content (AvgIpc) is 2.90. The number of H-pyrrole nitrogens is 1. The Bertz CT molecular complexity index is 752. The Kier molecular flexibility index (Phi) is 6.13. The molecule has 1 aromatic rings. The van der Waals surface area contributed by atoms with Crippen LogP contribution in [0.2, 0.25) is 0 Å². The van der Waals surface area contributed by atoms with Crippen molar-refractivity contribution < 1.29 is 23.8 Å². The number of carbonyl (C=O) groups is 2. The third-order valence-electron chi connectivity index (χ3n) is 3.77. The van der Waals surface area contributed by atoms with Crippen LogP contribution in [0, 0.1) is 0 Å². The number of aryl methyl sites for hydroxylation is 1. The molecular weight excluding hydrogens is 332 g/mol. The lowest BCUT2D eigenvalue weighted by molar-refractivity contribution is -0.153. The van der Waals surface area contributed by atoms with E-state index in [0.29, 0.717) is 12.0 Å². The van der Waals surface area contributed by atoms with Crippen LogP contribution in [0.1, 0.15) is 45.4 Å². The van der Waals surface area contributed by atoms with Gasteiger partial charge in [0.15, 0.2) is 6.23 Å². The molecule has 1 aromatic heterocycles. The molecule has 0 bridgehead atoms. The van der Waals surface area contributed by atoms with Crippen molar-refractivity contribution in [2.45, 2.75) is 58.5 Å². The maximum absolute atomic E-state index is 12.2. The van der Waals surface area contributed by atoms with E-state index in [-0.39, 0.29) is 13.0 Å². The van der Waals surface area contributed by atoms with Gasteiger partial charge in [-0.15, -0.1) is 0 Å². The van der Waals surface area contributed by atoms with Crippen LogP contribution < -0.4 is 11.2 Å². The fraction of sp³-hybridized carbons (Fsp3) is 0.625. The van der Waals surface area contributed by atoms with Gasteiger partial charge in [0.2, 0.25) is 0 Å². The molecule has 1 fully saturated rings. The third kappa shape index (κ3) is 4.79. The van der Waals surface area contributed by atoms with Gasteiger partial charge in [-0.25, -0.2) is 4.79 Å². The van der Waals surface area contributed by atoms with Gasteiger partial charge in [0.1, 0.15) is 12.7 Å². The Balaban J connectivity index is 2.31. The van der Waals surface area contributed by atoms with E-state index in [0.717, 1.165) is 6.42 Å². The van der Waals surface area contributed by atoms with E-state index in [2.05, 4.69) is 4.98 Å². The molecule has 3 atom stereocenters. The third-order valence-corrected chi connectivity index (χ3v) is 3.77. The fourth-order valence-electron chi connectivity index (χ4n) is 2.76. The predicted octanol–water partition coefficient (Wildman–Crippen LogP) is 0.271. The van der Waals surface area contributed by atoms with Crippen LogP contribution in [0.15, 0.2) is 15.8 Å². The van der Waals surface area contributed by atoms with E-state index in [9.17, 15) is 19.2 Å². The molecule has 25 heavy (non-hydrogen) atoms. The smallest absolute Gasteiger partial charge is 0.330 e. The Morgan fingerprint density at radius 3 is 2.64 bits per heavy atom. The minimum absolute atomic E-state index is 0.0104. The van der Waals surface area contributed by atoms with Gasteiger partial charge in [-0.3, -0.25) is 23.9 Å². The number of aromatic amines is 1. The van der Waals surface area contributed by atoms with Crippen LogP contribution in [0.3, 0.4) is 0 Å². The van der Waals surface area contributed by atoms with E-state index < -0.39 is 41.6 Å². The highest BCUT2D eigenvalue weighted by molar-refractivity contribution is 5.66. The molecule has 0 unspecified atom stereocenters. The lowest BCUT2D eigenvalue weighted by Gasteiger charge is -2.20. The Hall–Kier alpha value is -2.42. The summed E-state index contributed by atoms with van der Waals surface area (Å²) >= 11 is 0. The van der Waals surface area contributed by atoms with Crippen LogP contribution in [-0.4, -0.2) is 40.3 Å². The fourth-order valence-corrected chi connectivity index (χ4v) is 2.76. The molecule has 1 saturated heterocycles. The van der Waals surface area contributed by atoms with Crippen molar-refractivity contribution in [3.63, 3.8) is 0 Å². The average molecular weight is 354 g/mol. The Labute approximate surface area is 143 Å². The zero-order valence-corrected chi connectivity index (χ0v) is 14.4. The van der Waals surface area contributed by atoms with Crippen molar-refractivity contribution in [2.24, 2.45) is 0 Å². The quantitative estimate of drug-likeness (QED) is 0.729. The number of ether oxygens (including phenoxy) is 3. The molecule has 2 rings (SSSR count). The summed E-state index contributed by atoms with van der Waals surface area (Å²) in [5.74, 6) is -0.972. The minimum atomic E-state index is -0.899. The minimum Gasteiger partial charge on any atom is -0.463 e. The van der Waals surface area contributed by atoms with Gasteiger partial charge in [-0.1, -0.05) is 13.3 Å². The van der Waals surface area contributed by atoms with Crippen LogP contribution in [0.4, 0.5) is 0 Å². The van der Waals surface area contributed by atoms with Gasteiger partial charge < -0.3 is 14.2 Å². The van der Waals surface area contributed by atoms with Crippen molar-refractivity contribution in [3.05, 3.63) is 32.6 Å². The first kappa shape index (κ1) is 18.9. The van der Waals surface area contributed by atoms with E-state index >= 15 is 0 Å². The summed E-state index contributed by atoms with van der Waals surface area (Å²) in [4.78, 5) is 48.6. The first-order chi connectivity index (χ1) is 11.8. The summed E-state index contributed by atoms with van der Waals surface area (Å²) in [5, 5.41) is 0. The molecule has 1 aliphatic rings. The van der Waals surface area contributed by atoms with Crippen molar-refractivity contribution in [1.82, 2.24) is 9.55 Å². The second-order valence-corrected chi connectivity index (χ2v) is 5.91. The van der Waals surface area contributed by atoms with Gasteiger partial charge in [0, 0.05) is 32.0 Å². The Morgan fingerprint density at radius 2 is 2.04 bits per heavy atom. The van der Waals surface area contributed by atoms with Gasteiger partial charge in [0.05, 0.1) is 6.10 Å². The maximum Gasteiger partial charge on any atom is 0.330 e. The number of hydrogen-bond acceptors (Lipinski definition) is 7. The second kappa shape index (κ2) is 8.11.